The van der Waals surface area contributed by atoms with Crippen LogP contribution in [0, 0.1) is 5.92 Å². The van der Waals surface area contributed by atoms with Crippen molar-refractivity contribution in [2.24, 2.45) is 5.92 Å². The molecule has 1 heterocycles. The molecule has 13 N–H and O–H groups in total. The maximum Gasteiger partial charge on any atom is 0.283 e. The van der Waals surface area contributed by atoms with E-state index in [1.165, 1.54) is 5.32 Å². The molecule has 1 aliphatic heterocycles. The number of nitrogens with one attached hydrogen (secondary N) is 1. The number of carbonyl (C=O) groups is 3. The Labute approximate surface area is 193 Å². The number of rotatable bonds is 4. The molecule has 0 bridgehead atoms. The van der Waals surface area contributed by atoms with Crippen LogP contribution in [-0.4, -0.2) is 144 Å². The summed E-state index contributed by atoms with van der Waals surface area (Å²) in [5, 5.41) is 123. The van der Waals surface area contributed by atoms with Crippen molar-refractivity contribution in [2.45, 2.75) is 71.9 Å². The molecule has 1 amide bonds. The van der Waals surface area contributed by atoms with Crippen LogP contribution in [-0.2, 0) is 23.9 Å². The van der Waals surface area contributed by atoms with E-state index in [9.17, 15) is 75.7 Å². The normalized spacial score (nSPS) is 41.8. The molecule has 0 spiro atoms. The number of hydrogen-bond acceptors (Lipinski definition) is 17. The average Bonchev–Trinajstić information content (AvgIpc) is 2.91. The Morgan fingerprint density at radius 1 is 0.800 bits per heavy atom. The second-order valence-corrected chi connectivity index (χ2v) is 9.10. The van der Waals surface area contributed by atoms with Crippen LogP contribution in [0.3, 0.4) is 0 Å². The van der Waals surface area contributed by atoms with Gasteiger partial charge in [-0.1, -0.05) is 0 Å². The lowest BCUT2D eigenvalue weighted by atomic mass is 9.63. The maximum absolute atomic E-state index is 12.8. The Morgan fingerprint density at radius 2 is 1.26 bits per heavy atom. The first-order chi connectivity index (χ1) is 15.5. The van der Waals surface area contributed by atoms with E-state index in [1.54, 1.807) is 0 Å². The minimum absolute atomic E-state index is 0.605. The van der Waals surface area contributed by atoms with Crippen molar-refractivity contribution < 1.29 is 85.1 Å². The van der Waals surface area contributed by atoms with Gasteiger partial charge in [0.05, 0.1) is 12.3 Å². The first-order valence-electron chi connectivity index (χ1n) is 9.72. The highest BCUT2D eigenvalue weighted by Crippen LogP contribution is 2.52. The number of hydrogen-bond donors (Lipinski definition) is 13. The fourth-order valence-corrected chi connectivity index (χ4v) is 4.81. The minimum Gasteiger partial charge on any atom is -0.386 e. The zero-order chi connectivity index (χ0) is 27.4. The van der Waals surface area contributed by atoms with E-state index in [0.717, 1.165) is 7.11 Å². The summed E-state index contributed by atoms with van der Waals surface area (Å²) < 4.78 is 9.72. The molecule has 18 heteroatoms. The average molecular weight is 515 g/mol. The number of amides is 1. The molecule has 1 saturated heterocycles. The minimum atomic E-state index is -4.55. The number of ether oxygens (including phenoxy) is 2. The van der Waals surface area contributed by atoms with Crippen molar-refractivity contribution in [3.8, 4) is 0 Å². The zero-order valence-electron chi connectivity index (χ0n) is 17.9. The maximum atomic E-state index is 12.8. The lowest BCUT2D eigenvalue weighted by molar-refractivity contribution is -0.452. The first-order valence-corrected chi connectivity index (χ1v) is 9.72. The van der Waals surface area contributed by atoms with Gasteiger partial charge in [0.15, 0.2) is 17.8 Å². The zero-order valence-corrected chi connectivity index (χ0v) is 17.9. The second-order valence-electron chi connectivity index (χ2n) is 9.10. The highest BCUT2D eigenvalue weighted by molar-refractivity contribution is 6.41. The summed E-state index contributed by atoms with van der Waals surface area (Å²) in [5.74, 6) is -28.8. The molecule has 18 nitrogen and oxygen atoms in total. The van der Waals surface area contributed by atoms with E-state index in [4.69, 9.17) is 9.47 Å². The standard InChI is InChI=1S/C17H25NO17/c1-11(22)8(12(23)3-4(19)18-17(12,32)33)6(21)5(20)7(34-2)9(11)35-10-13(24,25)15(28,29)16(30,31)14(10,26)27/h7-10,22-33H,3H2,1-2H3,(H,18,19). The second kappa shape index (κ2) is 7.40. The monoisotopic (exact) mass is 515 g/mol. The molecule has 2 aliphatic carbocycles. The van der Waals surface area contributed by atoms with Crippen molar-refractivity contribution in [2.75, 3.05) is 7.11 Å². The summed E-state index contributed by atoms with van der Waals surface area (Å²) in [6.07, 6.45) is -9.43. The summed E-state index contributed by atoms with van der Waals surface area (Å²) in [7, 11) is 0.760. The van der Waals surface area contributed by atoms with Crippen LogP contribution in [0.1, 0.15) is 13.3 Å². The van der Waals surface area contributed by atoms with Gasteiger partial charge in [-0.3, -0.25) is 14.4 Å². The topological polar surface area (TPSA) is 324 Å². The molecule has 3 aliphatic rings. The molecule has 0 aromatic rings. The van der Waals surface area contributed by atoms with Gasteiger partial charge < -0.3 is 76.1 Å². The fraction of sp³-hybridized carbons (Fsp3) is 0.824. The molecule has 0 radical (unpaired) electrons. The Hall–Kier alpha value is -1.75. The molecule has 5 unspecified atom stereocenters. The molecule has 35 heavy (non-hydrogen) atoms. The highest BCUT2D eigenvalue weighted by Gasteiger charge is 2.85. The van der Waals surface area contributed by atoms with E-state index >= 15 is 0 Å². The summed E-state index contributed by atoms with van der Waals surface area (Å²) in [5.41, 5.74) is -6.43. The van der Waals surface area contributed by atoms with E-state index in [-0.39, 0.29) is 0 Å². The summed E-state index contributed by atoms with van der Waals surface area (Å²) in [4.78, 5) is 37.3. The van der Waals surface area contributed by atoms with Crippen molar-refractivity contribution in [3.05, 3.63) is 0 Å². The van der Waals surface area contributed by atoms with E-state index in [0.29, 0.717) is 6.92 Å². The predicted octanol–water partition coefficient (Wildman–Crippen LogP) is -9.10. The van der Waals surface area contributed by atoms with Crippen molar-refractivity contribution in [3.63, 3.8) is 0 Å². The van der Waals surface area contributed by atoms with Crippen molar-refractivity contribution in [1.82, 2.24) is 5.32 Å². The number of carbonyl (C=O) groups excluding carboxylic acids is 3. The van der Waals surface area contributed by atoms with Crippen LogP contribution >= 0.6 is 0 Å². The molecular weight excluding hydrogens is 490 g/mol. The van der Waals surface area contributed by atoms with Gasteiger partial charge in [-0.2, -0.15) is 0 Å². The van der Waals surface area contributed by atoms with Crippen LogP contribution < -0.4 is 5.32 Å². The molecule has 0 aromatic heterocycles. The van der Waals surface area contributed by atoms with Crippen molar-refractivity contribution in [1.29, 1.82) is 0 Å². The third-order valence-corrected chi connectivity index (χ3v) is 6.80. The molecule has 2 saturated carbocycles. The van der Waals surface area contributed by atoms with Crippen LogP contribution in [0.5, 0.6) is 0 Å². The Bertz CT molecular complexity index is 928. The third-order valence-electron chi connectivity index (χ3n) is 6.80. The van der Waals surface area contributed by atoms with Gasteiger partial charge in [0.1, 0.15) is 11.7 Å². The van der Waals surface area contributed by atoms with Gasteiger partial charge in [0, 0.05) is 7.11 Å². The van der Waals surface area contributed by atoms with Crippen LogP contribution in [0.25, 0.3) is 0 Å². The fourth-order valence-electron chi connectivity index (χ4n) is 4.81. The smallest absolute Gasteiger partial charge is 0.283 e. The van der Waals surface area contributed by atoms with E-state index in [2.05, 4.69) is 0 Å². The Kier molecular flexibility index (Phi) is 5.88. The van der Waals surface area contributed by atoms with Gasteiger partial charge in [0.2, 0.25) is 17.5 Å². The molecule has 3 fully saturated rings. The largest absolute Gasteiger partial charge is 0.386 e. The molecule has 5 atom stereocenters. The van der Waals surface area contributed by atoms with Gasteiger partial charge in [-0.05, 0) is 6.92 Å². The van der Waals surface area contributed by atoms with Gasteiger partial charge in [0.25, 0.3) is 29.1 Å². The lowest BCUT2D eigenvalue weighted by Crippen LogP contribution is -2.75. The lowest BCUT2D eigenvalue weighted by Gasteiger charge is -2.51. The predicted molar refractivity (Wildman–Crippen MR) is 97.1 cm³/mol. The Balaban J connectivity index is 2.17. The number of aliphatic hydroxyl groups is 12. The third kappa shape index (κ3) is 3.19. The Morgan fingerprint density at radius 3 is 1.63 bits per heavy atom. The highest BCUT2D eigenvalue weighted by atomic mass is 16.7. The van der Waals surface area contributed by atoms with E-state index < -0.39 is 88.4 Å². The van der Waals surface area contributed by atoms with Gasteiger partial charge in [-0.15, -0.1) is 0 Å². The summed E-state index contributed by atoms with van der Waals surface area (Å²) >= 11 is 0. The van der Waals surface area contributed by atoms with Crippen LogP contribution in [0.15, 0.2) is 0 Å². The van der Waals surface area contributed by atoms with Gasteiger partial charge >= 0.3 is 0 Å². The number of ketones is 2. The summed E-state index contributed by atoms with van der Waals surface area (Å²) in [6, 6.07) is 0. The van der Waals surface area contributed by atoms with Crippen molar-refractivity contribution >= 4 is 17.5 Å². The molecule has 3 rings (SSSR count). The SMILES string of the molecule is COC1C(=O)C(=O)C(C2(O)CC(=O)NC2(O)O)C(C)(O)C1OC1C(O)(O)C(O)(O)C(O)(O)C1(O)O. The molecular formula is C17H25NO17. The van der Waals surface area contributed by atoms with Gasteiger partial charge in [-0.25, -0.2) is 0 Å². The first kappa shape index (κ1) is 27.8. The quantitative estimate of drug-likeness (QED) is 0.122. The van der Waals surface area contributed by atoms with Crippen LogP contribution in [0.2, 0.25) is 0 Å². The number of Topliss-reactive ketones (excluding diaryl/α,β-unsaturated/α-hetero) is 2. The summed E-state index contributed by atoms with van der Waals surface area (Å²) in [6.45, 7) is 0.605. The molecule has 200 valence electrons. The van der Waals surface area contributed by atoms with Crippen LogP contribution in [0.4, 0.5) is 0 Å². The number of methoxy groups -OCH3 is 1. The van der Waals surface area contributed by atoms with E-state index in [1.807, 2.05) is 0 Å². The molecule has 0 aromatic carbocycles.